The zero-order chi connectivity index (χ0) is 15.6. The molecule has 0 unspecified atom stereocenters. The Balaban J connectivity index is 1.58. The van der Waals surface area contributed by atoms with Crippen LogP contribution in [-0.2, 0) is 4.79 Å². The van der Waals surface area contributed by atoms with Crippen molar-refractivity contribution in [3.05, 3.63) is 18.2 Å². The van der Waals surface area contributed by atoms with Crippen molar-refractivity contribution >= 4 is 11.6 Å². The summed E-state index contributed by atoms with van der Waals surface area (Å²) in [5, 5.41) is 2.73. The summed E-state index contributed by atoms with van der Waals surface area (Å²) in [7, 11) is 0. The lowest BCUT2D eigenvalue weighted by molar-refractivity contribution is -0.890. The van der Waals surface area contributed by atoms with Gasteiger partial charge in [0.05, 0.1) is 13.1 Å². The lowest BCUT2D eigenvalue weighted by atomic mass is 10.2. The Hall–Kier alpha value is -1.89. The fourth-order valence-electron chi connectivity index (χ4n) is 2.86. The van der Waals surface area contributed by atoms with Gasteiger partial charge in [-0.05, 0) is 37.8 Å². The maximum Gasteiger partial charge on any atom is 0.586 e. The first-order chi connectivity index (χ1) is 10.5. The molecule has 0 spiro atoms. The van der Waals surface area contributed by atoms with Crippen LogP contribution < -0.4 is 19.7 Å². The molecule has 0 bridgehead atoms. The summed E-state index contributed by atoms with van der Waals surface area (Å²) in [6.07, 6.45) is 1.09. The predicted molar refractivity (Wildman–Crippen MR) is 75.3 cm³/mol. The number of hydrogen-bond acceptors (Lipinski definition) is 3. The molecule has 1 fully saturated rings. The summed E-state index contributed by atoms with van der Waals surface area (Å²) in [5.41, 5.74) is 0.430. The fourth-order valence-corrected chi connectivity index (χ4v) is 2.86. The second kappa shape index (κ2) is 6.08. The molecular weight excluding hydrogens is 294 g/mol. The largest absolute Gasteiger partial charge is 0.586 e. The summed E-state index contributed by atoms with van der Waals surface area (Å²) in [5.74, 6) is -0.214. The van der Waals surface area contributed by atoms with E-state index >= 15 is 0 Å². The van der Waals surface area contributed by atoms with Gasteiger partial charge in [0.1, 0.15) is 0 Å². The third-order valence-electron chi connectivity index (χ3n) is 3.91. The van der Waals surface area contributed by atoms with E-state index in [9.17, 15) is 13.6 Å². The molecule has 2 aliphatic heterocycles. The molecule has 2 aliphatic rings. The van der Waals surface area contributed by atoms with Gasteiger partial charge in [-0.25, -0.2) is 0 Å². The second-order valence-corrected chi connectivity index (χ2v) is 5.72. The average molecular weight is 313 g/mol. The Morgan fingerprint density at radius 2 is 1.82 bits per heavy atom. The van der Waals surface area contributed by atoms with Crippen molar-refractivity contribution < 1.29 is 27.9 Å². The summed E-state index contributed by atoms with van der Waals surface area (Å²) in [6, 6.07) is 4.25. The Kier molecular flexibility index (Phi) is 4.15. The number of ether oxygens (including phenoxy) is 2. The van der Waals surface area contributed by atoms with Gasteiger partial charge in [-0.3, -0.25) is 4.79 Å². The number of fused-ring (bicyclic) bond motifs is 1. The van der Waals surface area contributed by atoms with Gasteiger partial charge in [0.15, 0.2) is 18.0 Å². The van der Waals surface area contributed by atoms with Crippen molar-refractivity contribution in [2.45, 2.75) is 32.0 Å². The summed E-state index contributed by atoms with van der Waals surface area (Å²) >= 11 is 0. The van der Waals surface area contributed by atoms with E-state index in [0.29, 0.717) is 12.2 Å². The zero-order valence-corrected chi connectivity index (χ0v) is 12.2. The number of halogens is 2. The van der Waals surface area contributed by atoms with Crippen LogP contribution in [0.1, 0.15) is 25.7 Å². The molecule has 0 atom stereocenters. The number of rotatable bonds is 3. The maximum atomic E-state index is 12.9. The van der Waals surface area contributed by atoms with Crippen LogP contribution in [0.4, 0.5) is 14.5 Å². The van der Waals surface area contributed by atoms with Crippen LogP contribution in [-0.4, -0.2) is 31.8 Å². The molecule has 1 aromatic carbocycles. The van der Waals surface area contributed by atoms with Gasteiger partial charge < -0.3 is 19.7 Å². The minimum atomic E-state index is -3.64. The van der Waals surface area contributed by atoms with Crippen LogP contribution >= 0.6 is 0 Å². The smallest absolute Gasteiger partial charge is 0.395 e. The van der Waals surface area contributed by atoms with Crippen LogP contribution in [0.25, 0.3) is 0 Å². The summed E-state index contributed by atoms with van der Waals surface area (Å²) in [6.45, 7) is 2.40. The SMILES string of the molecule is O=C(C[NH+]1CCCCCC1)Nc1ccc2c(c1)OC(F)(F)O2. The molecule has 2 heterocycles. The van der Waals surface area contributed by atoms with E-state index in [2.05, 4.69) is 14.8 Å². The van der Waals surface area contributed by atoms with E-state index < -0.39 is 6.29 Å². The Morgan fingerprint density at radius 3 is 2.55 bits per heavy atom. The number of anilines is 1. The maximum absolute atomic E-state index is 12.9. The number of nitrogens with one attached hydrogen (secondary N) is 2. The van der Waals surface area contributed by atoms with Crippen molar-refractivity contribution in [2.24, 2.45) is 0 Å². The Bertz CT molecular complexity index is 558. The molecule has 0 radical (unpaired) electrons. The minimum absolute atomic E-state index is 0.0267. The molecule has 5 nitrogen and oxygen atoms in total. The summed E-state index contributed by atoms with van der Waals surface area (Å²) in [4.78, 5) is 13.3. The first kappa shape index (κ1) is 15.0. The molecule has 7 heteroatoms. The highest BCUT2D eigenvalue weighted by Gasteiger charge is 2.43. The van der Waals surface area contributed by atoms with Gasteiger partial charge in [-0.15, -0.1) is 8.78 Å². The lowest BCUT2D eigenvalue weighted by Gasteiger charge is -2.16. The molecule has 0 aromatic heterocycles. The van der Waals surface area contributed by atoms with Gasteiger partial charge in [-0.2, -0.15) is 0 Å². The van der Waals surface area contributed by atoms with Crippen molar-refractivity contribution in [1.29, 1.82) is 0 Å². The van der Waals surface area contributed by atoms with Gasteiger partial charge >= 0.3 is 6.29 Å². The number of quaternary nitrogens is 1. The van der Waals surface area contributed by atoms with Crippen LogP contribution in [0, 0.1) is 0 Å². The molecular formula is C15H19F2N2O3+. The van der Waals surface area contributed by atoms with E-state index in [1.54, 1.807) is 0 Å². The van der Waals surface area contributed by atoms with Crippen LogP contribution in [0.2, 0.25) is 0 Å². The van der Waals surface area contributed by atoms with E-state index in [4.69, 9.17) is 0 Å². The molecule has 22 heavy (non-hydrogen) atoms. The van der Waals surface area contributed by atoms with Gasteiger partial charge in [0, 0.05) is 11.8 Å². The molecule has 1 aromatic rings. The monoisotopic (exact) mass is 313 g/mol. The highest BCUT2D eigenvalue weighted by Crippen LogP contribution is 2.42. The number of carbonyl (C=O) groups is 1. The quantitative estimate of drug-likeness (QED) is 0.887. The number of benzene rings is 1. The second-order valence-electron chi connectivity index (χ2n) is 5.72. The summed E-state index contributed by atoms with van der Waals surface area (Å²) < 4.78 is 34.6. The lowest BCUT2D eigenvalue weighted by Crippen LogP contribution is -3.12. The number of likely N-dealkylation sites (tertiary alicyclic amines) is 1. The number of hydrogen-bond donors (Lipinski definition) is 2. The molecule has 1 saturated heterocycles. The molecule has 3 rings (SSSR count). The molecule has 0 aliphatic carbocycles. The molecule has 0 saturated carbocycles. The standard InChI is InChI=1S/C15H18F2N2O3/c16-15(17)21-12-6-5-11(9-13(12)22-15)18-14(20)10-19-7-3-1-2-4-8-19/h5-6,9H,1-4,7-8,10H2,(H,18,20)/p+1. The third-order valence-corrected chi connectivity index (χ3v) is 3.91. The molecule has 120 valence electrons. The third kappa shape index (κ3) is 3.65. The van der Waals surface area contributed by atoms with Gasteiger partial charge in [-0.1, -0.05) is 0 Å². The van der Waals surface area contributed by atoms with Crippen LogP contribution in [0.3, 0.4) is 0 Å². The number of amides is 1. The van der Waals surface area contributed by atoms with Crippen molar-refractivity contribution in [1.82, 2.24) is 0 Å². The Labute approximate surface area is 127 Å². The zero-order valence-electron chi connectivity index (χ0n) is 12.2. The van der Waals surface area contributed by atoms with E-state index in [1.165, 1.54) is 35.9 Å². The van der Waals surface area contributed by atoms with Crippen molar-refractivity contribution in [2.75, 3.05) is 25.0 Å². The van der Waals surface area contributed by atoms with Gasteiger partial charge in [0.2, 0.25) is 0 Å². The average Bonchev–Trinajstić information content (AvgIpc) is 2.61. The first-order valence-electron chi connectivity index (χ1n) is 7.55. The molecule has 1 amide bonds. The van der Waals surface area contributed by atoms with Crippen molar-refractivity contribution in [3.63, 3.8) is 0 Å². The first-order valence-corrected chi connectivity index (χ1v) is 7.55. The highest BCUT2D eigenvalue weighted by atomic mass is 19.3. The normalized spacial score (nSPS) is 20.5. The van der Waals surface area contributed by atoms with E-state index in [0.717, 1.165) is 25.9 Å². The van der Waals surface area contributed by atoms with Crippen LogP contribution in [0.15, 0.2) is 18.2 Å². The topological polar surface area (TPSA) is 52.0 Å². The van der Waals surface area contributed by atoms with E-state index in [-0.39, 0.29) is 17.4 Å². The predicted octanol–water partition coefficient (Wildman–Crippen LogP) is 1.41. The number of carbonyl (C=O) groups excluding carboxylic acids is 1. The minimum Gasteiger partial charge on any atom is -0.395 e. The van der Waals surface area contributed by atoms with E-state index in [1.807, 2.05) is 0 Å². The van der Waals surface area contributed by atoms with Gasteiger partial charge in [0.25, 0.3) is 5.91 Å². The van der Waals surface area contributed by atoms with Crippen LogP contribution in [0.5, 0.6) is 11.5 Å². The number of alkyl halides is 2. The van der Waals surface area contributed by atoms with Crippen molar-refractivity contribution in [3.8, 4) is 11.5 Å². The highest BCUT2D eigenvalue weighted by molar-refractivity contribution is 5.91. The fraction of sp³-hybridized carbons (Fsp3) is 0.533. The Morgan fingerprint density at radius 1 is 1.14 bits per heavy atom. The molecule has 2 N–H and O–H groups in total.